The maximum Gasteiger partial charge on any atom is 0.416 e. The van der Waals surface area contributed by atoms with Crippen LogP contribution in [0.25, 0.3) is 0 Å². The molecule has 0 aromatic heterocycles. The molecule has 1 aromatic carbocycles. The Morgan fingerprint density at radius 3 is 2.08 bits per heavy atom. The van der Waals surface area contributed by atoms with Crippen molar-refractivity contribution in [2.24, 2.45) is 0 Å². The van der Waals surface area contributed by atoms with Gasteiger partial charge in [-0.25, -0.2) is 4.79 Å². The maximum atomic E-state index is 12.8. The van der Waals surface area contributed by atoms with Gasteiger partial charge in [-0.05, 0) is 42.8 Å². The molecular weight excluding hydrogens is 363 g/mol. The highest BCUT2D eigenvalue weighted by molar-refractivity contribution is 6.74. The first-order valence-corrected chi connectivity index (χ1v) is 11.4. The van der Waals surface area contributed by atoms with Gasteiger partial charge in [0.1, 0.15) is 0 Å². The Kier molecular flexibility index (Phi) is 6.92. The van der Waals surface area contributed by atoms with Gasteiger partial charge in [-0.1, -0.05) is 32.9 Å². The molecule has 0 aliphatic rings. The second-order valence-corrected chi connectivity index (χ2v) is 12.8. The number of nitrogens with one attached hydrogen (secondary N) is 1. The Balaban J connectivity index is 3.08. The topological polar surface area (TPSA) is 58.6 Å². The molecule has 148 valence electrons. The van der Waals surface area contributed by atoms with Gasteiger partial charge in [-0.2, -0.15) is 13.2 Å². The average Bonchev–Trinajstić information content (AvgIpc) is 2.44. The number of hydrogen-bond donors (Lipinski definition) is 2. The molecule has 1 aromatic rings. The smallest absolute Gasteiger partial charge is 0.416 e. The van der Waals surface area contributed by atoms with Crippen LogP contribution >= 0.6 is 0 Å². The monoisotopic (exact) mass is 391 g/mol. The lowest BCUT2D eigenvalue weighted by atomic mass is 9.92. The Morgan fingerprint density at radius 1 is 1.19 bits per heavy atom. The summed E-state index contributed by atoms with van der Waals surface area (Å²) in [7, 11) is -2.08. The van der Waals surface area contributed by atoms with Crippen LogP contribution in [0.3, 0.4) is 0 Å². The van der Waals surface area contributed by atoms with Crippen LogP contribution in [-0.4, -0.2) is 32.2 Å². The summed E-state index contributed by atoms with van der Waals surface area (Å²) >= 11 is 0. The lowest BCUT2D eigenvalue weighted by Gasteiger charge is -2.38. The molecule has 2 atom stereocenters. The van der Waals surface area contributed by atoms with E-state index in [0.29, 0.717) is 5.56 Å². The predicted molar refractivity (Wildman–Crippen MR) is 98.0 cm³/mol. The van der Waals surface area contributed by atoms with Crippen LogP contribution in [0.2, 0.25) is 18.1 Å². The van der Waals surface area contributed by atoms with Crippen molar-refractivity contribution in [2.45, 2.75) is 64.0 Å². The number of rotatable bonds is 6. The van der Waals surface area contributed by atoms with Crippen molar-refractivity contribution < 1.29 is 27.5 Å². The highest BCUT2D eigenvalue weighted by Gasteiger charge is 2.38. The number of halogens is 3. The number of benzene rings is 1. The molecule has 0 unspecified atom stereocenters. The summed E-state index contributed by atoms with van der Waals surface area (Å²) in [5, 5.41) is 11.4. The molecule has 0 bridgehead atoms. The fourth-order valence-electron chi connectivity index (χ4n) is 2.26. The number of amides is 1. The summed E-state index contributed by atoms with van der Waals surface area (Å²) in [4.78, 5) is 11.0. The Morgan fingerprint density at radius 2 is 1.69 bits per heavy atom. The van der Waals surface area contributed by atoms with E-state index in [1.165, 1.54) is 12.1 Å². The van der Waals surface area contributed by atoms with Crippen LogP contribution in [0.4, 0.5) is 18.0 Å². The van der Waals surface area contributed by atoms with Crippen LogP contribution in [0.15, 0.2) is 24.3 Å². The fourth-order valence-corrected chi connectivity index (χ4v) is 3.29. The quantitative estimate of drug-likeness (QED) is 0.633. The van der Waals surface area contributed by atoms with Crippen LogP contribution in [0.1, 0.15) is 44.7 Å². The van der Waals surface area contributed by atoms with E-state index < -0.39 is 32.2 Å². The van der Waals surface area contributed by atoms with Crippen LogP contribution < -0.4 is 5.32 Å². The van der Waals surface area contributed by atoms with E-state index in [4.69, 9.17) is 9.53 Å². The van der Waals surface area contributed by atoms with Crippen LogP contribution in [-0.2, 0) is 10.6 Å². The summed E-state index contributed by atoms with van der Waals surface area (Å²) in [6, 6.07) is 4.31. The van der Waals surface area contributed by atoms with Gasteiger partial charge in [0.15, 0.2) is 8.32 Å². The first-order chi connectivity index (χ1) is 11.6. The normalized spacial score (nSPS) is 15.4. The Hall–Kier alpha value is -1.54. The van der Waals surface area contributed by atoms with Crippen molar-refractivity contribution in [1.82, 2.24) is 5.32 Å². The maximum absolute atomic E-state index is 12.8. The van der Waals surface area contributed by atoms with Crippen molar-refractivity contribution in [3.05, 3.63) is 35.4 Å². The Labute approximate surface area is 153 Å². The molecule has 0 fully saturated rings. The van der Waals surface area contributed by atoms with Gasteiger partial charge in [-0.15, -0.1) is 0 Å². The van der Waals surface area contributed by atoms with Gasteiger partial charge in [0, 0.05) is 18.6 Å². The SMILES string of the molecule is C[C@H](NC(=O)O)[C@H](CO[Si](C)(C)C(C)(C)C)c1ccc(C(F)(F)F)cc1. The van der Waals surface area contributed by atoms with Crippen molar-refractivity contribution in [2.75, 3.05) is 6.61 Å². The van der Waals surface area contributed by atoms with Gasteiger partial charge in [0.05, 0.1) is 5.56 Å². The molecule has 0 saturated heterocycles. The predicted octanol–water partition coefficient (Wildman–Crippen LogP) is 5.47. The third-order valence-corrected chi connectivity index (χ3v) is 9.55. The van der Waals surface area contributed by atoms with E-state index in [0.717, 1.165) is 12.1 Å². The molecule has 0 saturated carbocycles. The largest absolute Gasteiger partial charge is 0.465 e. The van der Waals surface area contributed by atoms with Gasteiger partial charge < -0.3 is 14.8 Å². The minimum Gasteiger partial charge on any atom is -0.465 e. The third kappa shape index (κ3) is 6.02. The van der Waals surface area contributed by atoms with Crippen LogP contribution in [0.5, 0.6) is 0 Å². The van der Waals surface area contributed by atoms with Gasteiger partial charge >= 0.3 is 12.3 Å². The van der Waals surface area contributed by atoms with Crippen molar-refractivity contribution in [3.63, 3.8) is 0 Å². The molecular formula is C18H28F3NO3Si. The average molecular weight is 392 g/mol. The highest BCUT2D eigenvalue weighted by atomic mass is 28.4. The van der Waals surface area contributed by atoms with Gasteiger partial charge in [0.25, 0.3) is 0 Å². The molecule has 2 N–H and O–H groups in total. The number of carbonyl (C=O) groups is 1. The van der Waals surface area contributed by atoms with Crippen molar-refractivity contribution in [1.29, 1.82) is 0 Å². The zero-order valence-electron chi connectivity index (χ0n) is 16.1. The molecule has 0 heterocycles. The summed E-state index contributed by atoms with van der Waals surface area (Å²) < 4.78 is 44.5. The first-order valence-electron chi connectivity index (χ1n) is 8.46. The minimum atomic E-state index is -4.41. The van der Waals surface area contributed by atoms with E-state index >= 15 is 0 Å². The zero-order valence-corrected chi connectivity index (χ0v) is 17.1. The van der Waals surface area contributed by atoms with E-state index in [2.05, 4.69) is 39.2 Å². The second-order valence-electron chi connectivity index (χ2n) is 8.04. The summed E-state index contributed by atoms with van der Waals surface area (Å²) in [6.45, 7) is 12.3. The number of hydrogen-bond acceptors (Lipinski definition) is 2. The van der Waals surface area contributed by atoms with Gasteiger partial charge in [-0.3, -0.25) is 0 Å². The number of carboxylic acid groups (broad SMARTS) is 1. The molecule has 0 spiro atoms. The Bertz CT molecular complexity index is 610. The molecule has 0 aliphatic carbocycles. The number of alkyl halides is 3. The third-order valence-electron chi connectivity index (χ3n) is 5.05. The van der Waals surface area contributed by atoms with Gasteiger partial charge in [0.2, 0.25) is 0 Å². The minimum absolute atomic E-state index is 0.0266. The summed E-state index contributed by atoms with van der Waals surface area (Å²) in [6.07, 6.45) is -5.59. The zero-order chi connectivity index (χ0) is 20.3. The molecule has 1 rings (SSSR count). The lowest BCUT2D eigenvalue weighted by Crippen LogP contribution is -2.44. The summed E-state index contributed by atoms with van der Waals surface area (Å²) in [5.41, 5.74) is -0.123. The summed E-state index contributed by atoms with van der Waals surface area (Å²) in [5.74, 6) is -0.387. The van der Waals surface area contributed by atoms with Crippen LogP contribution in [0, 0.1) is 0 Å². The molecule has 8 heteroatoms. The fraction of sp³-hybridized carbons (Fsp3) is 0.611. The second kappa shape index (κ2) is 8.00. The van der Waals surface area contributed by atoms with E-state index in [9.17, 15) is 18.0 Å². The van der Waals surface area contributed by atoms with E-state index in [1.807, 2.05) is 0 Å². The molecule has 0 aliphatic heterocycles. The first kappa shape index (κ1) is 22.5. The van der Waals surface area contributed by atoms with E-state index in [1.54, 1.807) is 6.92 Å². The molecule has 1 amide bonds. The standard InChI is InChI=1S/C18H28F3NO3Si/c1-12(22-16(23)24)15(11-25-26(5,6)17(2,3)4)13-7-9-14(10-8-13)18(19,20)21/h7-10,12,15,22H,11H2,1-6H3,(H,23,24)/t12-,15-/m0/s1. The highest BCUT2D eigenvalue weighted by Crippen LogP contribution is 2.38. The van der Waals surface area contributed by atoms with Crippen molar-refractivity contribution >= 4 is 14.4 Å². The molecule has 4 nitrogen and oxygen atoms in total. The molecule has 26 heavy (non-hydrogen) atoms. The van der Waals surface area contributed by atoms with Crippen molar-refractivity contribution in [3.8, 4) is 0 Å². The van der Waals surface area contributed by atoms with E-state index in [-0.39, 0.29) is 17.6 Å². The molecule has 0 radical (unpaired) electrons. The lowest BCUT2D eigenvalue weighted by molar-refractivity contribution is -0.137.